The number of hydroxylamine groups is 2. The molecule has 1 aliphatic heterocycles. The molecule has 2 heterocycles. The summed E-state index contributed by atoms with van der Waals surface area (Å²) < 4.78 is 0. The van der Waals surface area contributed by atoms with Gasteiger partial charge in [0.25, 0.3) is 17.7 Å². The maximum absolute atomic E-state index is 11.7. The number of pyridine rings is 1. The van der Waals surface area contributed by atoms with Crippen molar-refractivity contribution in [3.05, 3.63) is 30.1 Å². The summed E-state index contributed by atoms with van der Waals surface area (Å²) >= 11 is 0. The molecule has 114 valence electrons. The number of nitrogens with one attached hydrogen (secondary N) is 1. The Labute approximate surface area is 124 Å². The van der Waals surface area contributed by atoms with Crippen molar-refractivity contribution in [2.45, 2.75) is 19.8 Å². The van der Waals surface area contributed by atoms with Gasteiger partial charge in [0.15, 0.2) is 0 Å². The number of carbonyl (C=O) groups excluding carboxylic acids is 4. The summed E-state index contributed by atoms with van der Waals surface area (Å²) in [5, 5.41) is 3.97. The largest absolute Gasteiger partial charge is 0.379 e. The zero-order valence-corrected chi connectivity index (χ0v) is 11.6. The van der Waals surface area contributed by atoms with Gasteiger partial charge in [0.2, 0.25) is 0 Å². The average molecular weight is 304 g/mol. The van der Waals surface area contributed by atoms with E-state index in [0.29, 0.717) is 10.6 Å². The second-order valence-corrected chi connectivity index (χ2v) is 4.33. The monoisotopic (exact) mass is 304 g/mol. The van der Waals surface area contributed by atoms with Crippen molar-refractivity contribution in [2.24, 2.45) is 5.10 Å². The Kier molecular flexibility index (Phi) is 4.57. The van der Waals surface area contributed by atoms with Gasteiger partial charge in [-0.15, -0.1) is 5.06 Å². The topological polar surface area (TPSA) is 118 Å². The molecule has 22 heavy (non-hydrogen) atoms. The van der Waals surface area contributed by atoms with Gasteiger partial charge in [0, 0.05) is 30.8 Å². The lowest BCUT2D eigenvalue weighted by Crippen LogP contribution is -2.35. The summed E-state index contributed by atoms with van der Waals surface area (Å²) in [6, 6.07) is 2.94. The molecule has 0 aliphatic carbocycles. The summed E-state index contributed by atoms with van der Waals surface area (Å²) in [6.07, 6.45) is 2.87. The Bertz CT molecular complexity index is 640. The number of hydrogen-bond acceptors (Lipinski definition) is 7. The number of hydrogen-bond donors (Lipinski definition) is 1. The molecule has 2 rings (SSSR count). The fraction of sp³-hybridized carbons (Fsp3) is 0.231. The van der Waals surface area contributed by atoms with Crippen LogP contribution in [0.1, 0.15) is 30.1 Å². The van der Waals surface area contributed by atoms with Crippen molar-refractivity contribution in [1.29, 1.82) is 0 Å². The number of aromatic nitrogens is 1. The van der Waals surface area contributed by atoms with Crippen molar-refractivity contribution in [1.82, 2.24) is 15.5 Å². The summed E-state index contributed by atoms with van der Waals surface area (Å²) in [7, 11) is 0. The Morgan fingerprint density at radius 2 is 1.82 bits per heavy atom. The molecule has 1 aromatic heterocycles. The molecule has 0 saturated carbocycles. The molecular weight excluding hydrogens is 292 g/mol. The summed E-state index contributed by atoms with van der Waals surface area (Å²) in [5.41, 5.74) is 2.26. The van der Waals surface area contributed by atoms with Crippen LogP contribution in [0.3, 0.4) is 0 Å². The van der Waals surface area contributed by atoms with Crippen molar-refractivity contribution in [3.63, 3.8) is 0 Å². The molecular formula is C13H12N4O5. The SMILES string of the molecule is CC(=NNC(=O)c1ccncc1)C(=O)ON1C(=O)CCC1=O. The molecule has 0 bridgehead atoms. The van der Waals surface area contributed by atoms with E-state index in [4.69, 9.17) is 0 Å². The van der Waals surface area contributed by atoms with Crippen molar-refractivity contribution in [3.8, 4) is 0 Å². The zero-order valence-electron chi connectivity index (χ0n) is 11.6. The first-order valence-electron chi connectivity index (χ1n) is 6.32. The van der Waals surface area contributed by atoms with Gasteiger partial charge in [-0.3, -0.25) is 19.4 Å². The molecule has 0 aromatic carbocycles. The van der Waals surface area contributed by atoms with Gasteiger partial charge in [-0.2, -0.15) is 5.10 Å². The second-order valence-electron chi connectivity index (χ2n) is 4.33. The maximum Gasteiger partial charge on any atom is 0.379 e. The normalized spacial score (nSPS) is 15.0. The highest BCUT2D eigenvalue weighted by Gasteiger charge is 2.33. The first-order chi connectivity index (χ1) is 10.5. The van der Waals surface area contributed by atoms with E-state index in [-0.39, 0.29) is 18.6 Å². The molecule has 0 atom stereocenters. The van der Waals surface area contributed by atoms with E-state index in [1.807, 2.05) is 0 Å². The number of hydrazone groups is 1. The summed E-state index contributed by atoms with van der Waals surface area (Å²) in [4.78, 5) is 54.4. The number of amides is 3. The van der Waals surface area contributed by atoms with Crippen LogP contribution in [0.5, 0.6) is 0 Å². The predicted octanol–water partition coefficient (Wildman–Crippen LogP) is -0.206. The van der Waals surface area contributed by atoms with Gasteiger partial charge in [-0.1, -0.05) is 0 Å². The van der Waals surface area contributed by atoms with Crippen LogP contribution in [0.15, 0.2) is 29.6 Å². The molecule has 0 radical (unpaired) electrons. The Morgan fingerprint density at radius 3 is 2.41 bits per heavy atom. The highest BCUT2D eigenvalue weighted by Crippen LogP contribution is 2.12. The van der Waals surface area contributed by atoms with E-state index >= 15 is 0 Å². The van der Waals surface area contributed by atoms with Crippen molar-refractivity contribution < 1.29 is 24.0 Å². The minimum absolute atomic E-state index is 0.00107. The predicted molar refractivity (Wildman–Crippen MR) is 72.0 cm³/mol. The third kappa shape index (κ3) is 3.51. The van der Waals surface area contributed by atoms with Gasteiger partial charge >= 0.3 is 5.97 Å². The minimum atomic E-state index is -1.00. The zero-order chi connectivity index (χ0) is 16.1. The molecule has 1 N–H and O–H groups in total. The van der Waals surface area contributed by atoms with Crippen LogP contribution < -0.4 is 5.43 Å². The minimum Gasteiger partial charge on any atom is -0.323 e. The lowest BCUT2D eigenvalue weighted by Gasteiger charge is -2.12. The Morgan fingerprint density at radius 1 is 1.23 bits per heavy atom. The van der Waals surface area contributed by atoms with Gasteiger partial charge < -0.3 is 4.84 Å². The number of carbonyl (C=O) groups is 4. The van der Waals surface area contributed by atoms with Crippen LogP contribution in [0, 0.1) is 0 Å². The lowest BCUT2D eigenvalue weighted by molar-refractivity contribution is -0.192. The Hall–Kier alpha value is -3.10. The van der Waals surface area contributed by atoms with Crippen molar-refractivity contribution in [2.75, 3.05) is 0 Å². The van der Waals surface area contributed by atoms with E-state index in [1.54, 1.807) is 0 Å². The second kappa shape index (κ2) is 6.57. The molecule has 9 heteroatoms. The molecule has 1 saturated heterocycles. The fourth-order valence-corrected chi connectivity index (χ4v) is 1.55. The van der Waals surface area contributed by atoms with Gasteiger partial charge in [0.1, 0.15) is 5.71 Å². The molecule has 0 spiro atoms. The standard InChI is InChI=1S/C13H12N4O5/c1-8(13(21)22-17-10(18)2-3-11(17)19)15-16-12(20)9-4-6-14-7-5-9/h4-7H,2-3H2,1H3,(H,16,20). The van der Waals surface area contributed by atoms with Gasteiger partial charge in [-0.05, 0) is 19.1 Å². The molecule has 3 amide bonds. The molecule has 1 aromatic rings. The highest BCUT2D eigenvalue weighted by atomic mass is 16.7. The average Bonchev–Trinajstić information content (AvgIpc) is 2.84. The number of imide groups is 1. The van der Waals surface area contributed by atoms with Crippen LogP contribution in [0.2, 0.25) is 0 Å². The third-order valence-corrected chi connectivity index (χ3v) is 2.74. The molecule has 0 unspecified atom stereocenters. The van der Waals surface area contributed by atoms with E-state index in [0.717, 1.165) is 0 Å². The number of nitrogens with zero attached hydrogens (tertiary/aromatic N) is 3. The first-order valence-corrected chi connectivity index (χ1v) is 6.32. The van der Waals surface area contributed by atoms with E-state index < -0.39 is 23.7 Å². The third-order valence-electron chi connectivity index (χ3n) is 2.74. The van der Waals surface area contributed by atoms with E-state index in [2.05, 4.69) is 20.3 Å². The van der Waals surface area contributed by atoms with Gasteiger partial charge in [0.05, 0.1) is 0 Å². The fourth-order valence-electron chi connectivity index (χ4n) is 1.55. The lowest BCUT2D eigenvalue weighted by atomic mass is 10.3. The van der Waals surface area contributed by atoms with Crippen LogP contribution in [-0.2, 0) is 19.2 Å². The molecule has 9 nitrogen and oxygen atoms in total. The smallest absolute Gasteiger partial charge is 0.323 e. The molecule has 1 aliphatic rings. The van der Waals surface area contributed by atoms with Crippen LogP contribution in [-0.4, -0.2) is 39.4 Å². The van der Waals surface area contributed by atoms with E-state index in [1.165, 1.54) is 31.5 Å². The van der Waals surface area contributed by atoms with Crippen molar-refractivity contribution >= 4 is 29.4 Å². The number of rotatable bonds is 4. The summed E-state index contributed by atoms with van der Waals surface area (Å²) in [5.74, 6) is -2.72. The summed E-state index contributed by atoms with van der Waals surface area (Å²) in [6.45, 7) is 1.28. The molecule has 1 fully saturated rings. The van der Waals surface area contributed by atoms with Crippen LogP contribution in [0.25, 0.3) is 0 Å². The first kappa shape index (κ1) is 15.3. The highest BCUT2D eigenvalue weighted by molar-refractivity contribution is 6.35. The quantitative estimate of drug-likeness (QED) is 0.467. The van der Waals surface area contributed by atoms with Gasteiger partial charge in [-0.25, -0.2) is 10.2 Å². The van der Waals surface area contributed by atoms with E-state index in [9.17, 15) is 19.2 Å². The maximum atomic E-state index is 11.7. The van der Waals surface area contributed by atoms with Crippen LogP contribution in [0.4, 0.5) is 0 Å². The Balaban J connectivity index is 1.94. The van der Waals surface area contributed by atoms with Crippen LogP contribution >= 0.6 is 0 Å².